The third kappa shape index (κ3) is 7.05. The summed E-state index contributed by atoms with van der Waals surface area (Å²) in [6.07, 6.45) is 9.54. The number of ether oxygens (including phenoxy) is 1. The molecule has 1 unspecified atom stereocenters. The average molecular weight is 447 g/mol. The van der Waals surface area contributed by atoms with E-state index in [0.29, 0.717) is 5.92 Å². The quantitative estimate of drug-likeness (QED) is 0.520. The van der Waals surface area contributed by atoms with E-state index in [-0.39, 0.29) is 6.42 Å². The van der Waals surface area contributed by atoms with E-state index in [1.807, 2.05) is 6.08 Å². The molecular formula is C25H38N2O5. The van der Waals surface area contributed by atoms with E-state index in [4.69, 9.17) is 10.5 Å². The summed E-state index contributed by atoms with van der Waals surface area (Å²) in [5.74, 6) is -2.76. The average Bonchev–Trinajstić information content (AvgIpc) is 2.67. The fourth-order valence-corrected chi connectivity index (χ4v) is 4.09. The lowest BCUT2D eigenvalue weighted by atomic mass is 9.78. The molecule has 178 valence electrons. The van der Waals surface area contributed by atoms with Crippen LogP contribution in [0.1, 0.15) is 67.2 Å². The molecule has 4 atom stereocenters. The highest BCUT2D eigenvalue weighted by molar-refractivity contribution is 5.91. The summed E-state index contributed by atoms with van der Waals surface area (Å²) < 4.78 is 5.32. The lowest BCUT2D eigenvalue weighted by Gasteiger charge is -2.32. The summed E-state index contributed by atoms with van der Waals surface area (Å²) >= 11 is 0. The number of esters is 1. The molecule has 2 amide bonds. The maximum Gasteiger partial charge on any atom is 0.336 e. The molecule has 0 aromatic rings. The lowest BCUT2D eigenvalue weighted by molar-refractivity contribution is -0.170. The molecule has 2 rings (SSSR count). The predicted molar refractivity (Wildman–Crippen MR) is 123 cm³/mol. The van der Waals surface area contributed by atoms with Gasteiger partial charge >= 0.3 is 5.97 Å². The van der Waals surface area contributed by atoms with Crippen molar-refractivity contribution in [1.29, 1.82) is 0 Å². The van der Waals surface area contributed by atoms with Gasteiger partial charge in [-0.2, -0.15) is 0 Å². The molecule has 4 N–H and O–H groups in total. The number of carbonyl (C=O) groups excluding carboxylic acids is 3. The van der Waals surface area contributed by atoms with Crippen molar-refractivity contribution in [1.82, 2.24) is 5.32 Å². The zero-order valence-corrected chi connectivity index (χ0v) is 20.1. The molecular weight excluding hydrogens is 408 g/mol. The number of fused-ring (bicyclic) bond motifs is 1. The number of allylic oxidation sites excluding steroid dienone is 6. The molecule has 32 heavy (non-hydrogen) atoms. The van der Waals surface area contributed by atoms with E-state index in [9.17, 15) is 19.5 Å². The number of aliphatic hydroxyl groups excluding tert-OH is 1. The van der Waals surface area contributed by atoms with Crippen LogP contribution >= 0.6 is 0 Å². The highest BCUT2D eigenvalue weighted by Crippen LogP contribution is 2.36. The molecule has 7 nitrogen and oxygen atoms in total. The van der Waals surface area contributed by atoms with Crippen molar-refractivity contribution in [3.05, 3.63) is 35.5 Å². The van der Waals surface area contributed by atoms with E-state index >= 15 is 0 Å². The lowest BCUT2D eigenvalue weighted by Crippen LogP contribution is -2.55. The Morgan fingerprint density at radius 1 is 1.22 bits per heavy atom. The molecule has 0 radical (unpaired) electrons. The van der Waals surface area contributed by atoms with E-state index < -0.39 is 46.9 Å². The van der Waals surface area contributed by atoms with Crippen molar-refractivity contribution >= 4 is 17.8 Å². The van der Waals surface area contributed by atoms with Crippen LogP contribution in [0.2, 0.25) is 0 Å². The molecule has 0 aromatic heterocycles. The Bertz CT molecular complexity index is 826. The second-order valence-electron chi connectivity index (χ2n) is 10.9. The Kier molecular flexibility index (Phi) is 8.10. The van der Waals surface area contributed by atoms with Gasteiger partial charge in [0.05, 0.1) is 5.92 Å². The number of hydrogen-bond acceptors (Lipinski definition) is 5. The number of carbonyl (C=O) groups is 3. The summed E-state index contributed by atoms with van der Waals surface area (Å²) in [6.45, 7) is 10.4. The third-order valence-electron chi connectivity index (χ3n) is 5.79. The van der Waals surface area contributed by atoms with Crippen LogP contribution < -0.4 is 11.1 Å². The first-order valence-corrected chi connectivity index (χ1v) is 11.3. The third-order valence-corrected chi connectivity index (χ3v) is 5.79. The predicted octanol–water partition coefficient (Wildman–Crippen LogP) is 2.93. The minimum atomic E-state index is -1.67. The minimum Gasteiger partial charge on any atom is -0.458 e. The summed E-state index contributed by atoms with van der Waals surface area (Å²) in [6, 6.07) is -0.945. The van der Waals surface area contributed by atoms with Crippen LogP contribution in [0.25, 0.3) is 0 Å². The standard InChI is InChI=1S/C25H38N2O5/c1-24(2,3)20(21(26)29)27-22(30)18(19(28)23(31)32-25(4,5)6)14-15-11-12-16-9-7-8-10-17(16)13-15/h7-8,10,13,16,18-20,28H,9,11-12,14H2,1-6H3,(H2,26,29)(H,27,30)/t16?,18-,19+,20-/m1/s1. The van der Waals surface area contributed by atoms with Crippen molar-refractivity contribution in [2.75, 3.05) is 0 Å². The molecule has 0 spiro atoms. The smallest absolute Gasteiger partial charge is 0.336 e. The van der Waals surface area contributed by atoms with Gasteiger partial charge in [-0.1, -0.05) is 50.6 Å². The van der Waals surface area contributed by atoms with Crippen LogP contribution in [-0.2, 0) is 19.1 Å². The van der Waals surface area contributed by atoms with Crippen molar-refractivity contribution in [3.63, 3.8) is 0 Å². The Morgan fingerprint density at radius 3 is 2.44 bits per heavy atom. The minimum absolute atomic E-state index is 0.190. The molecule has 0 bridgehead atoms. The second kappa shape index (κ2) is 10.0. The first-order valence-electron chi connectivity index (χ1n) is 11.3. The Balaban J connectivity index is 2.30. The molecule has 2 aliphatic carbocycles. The van der Waals surface area contributed by atoms with Crippen molar-refractivity contribution in [2.45, 2.75) is 85.0 Å². The Morgan fingerprint density at radius 2 is 1.88 bits per heavy atom. The summed E-state index contributed by atoms with van der Waals surface area (Å²) in [5, 5.41) is 13.5. The topological polar surface area (TPSA) is 119 Å². The Labute approximate surface area is 191 Å². The fourth-order valence-electron chi connectivity index (χ4n) is 4.09. The van der Waals surface area contributed by atoms with Crippen LogP contribution in [0, 0.1) is 17.3 Å². The molecule has 2 aliphatic rings. The fraction of sp³-hybridized carbons (Fsp3) is 0.640. The molecule has 7 heteroatoms. The monoisotopic (exact) mass is 446 g/mol. The number of hydrogen-bond donors (Lipinski definition) is 3. The van der Waals surface area contributed by atoms with Gasteiger partial charge in [-0.05, 0) is 63.4 Å². The van der Waals surface area contributed by atoms with Crippen LogP contribution in [-0.4, -0.2) is 40.6 Å². The van der Waals surface area contributed by atoms with Crippen LogP contribution in [0.15, 0.2) is 35.5 Å². The number of aliphatic hydroxyl groups is 1. The van der Waals surface area contributed by atoms with Gasteiger partial charge in [0.25, 0.3) is 0 Å². The first-order chi connectivity index (χ1) is 14.7. The summed E-state index contributed by atoms with van der Waals surface area (Å²) in [5.41, 5.74) is 6.26. The molecule has 0 heterocycles. The molecule has 0 fully saturated rings. The maximum atomic E-state index is 13.2. The number of nitrogens with two attached hydrogens (primary N) is 1. The zero-order valence-electron chi connectivity index (χ0n) is 20.1. The molecule has 0 aliphatic heterocycles. The van der Waals surface area contributed by atoms with Crippen LogP contribution in [0.4, 0.5) is 0 Å². The molecule has 0 aromatic carbocycles. The SMILES string of the molecule is CC(C)(C)OC(=O)[C@@H](O)[C@@H](CC1=CC2=CC=CCC2CC1)C(=O)N[C@H](C(N)=O)C(C)(C)C. The largest absolute Gasteiger partial charge is 0.458 e. The summed E-state index contributed by atoms with van der Waals surface area (Å²) in [7, 11) is 0. The van der Waals surface area contributed by atoms with Gasteiger partial charge in [0.1, 0.15) is 11.6 Å². The zero-order chi connectivity index (χ0) is 24.3. The second-order valence-corrected chi connectivity index (χ2v) is 10.9. The number of rotatable bonds is 7. The normalized spacial score (nSPS) is 21.4. The highest BCUT2D eigenvalue weighted by Gasteiger charge is 2.39. The van der Waals surface area contributed by atoms with Crippen LogP contribution in [0.3, 0.4) is 0 Å². The Hall–Kier alpha value is -2.41. The van der Waals surface area contributed by atoms with Gasteiger partial charge in [-0.3, -0.25) is 9.59 Å². The van der Waals surface area contributed by atoms with Gasteiger partial charge in [0, 0.05) is 0 Å². The van der Waals surface area contributed by atoms with Gasteiger partial charge < -0.3 is 20.9 Å². The number of primary amides is 1. The first kappa shape index (κ1) is 25.8. The van der Waals surface area contributed by atoms with Crippen LogP contribution in [0.5, 0.6) is 0 Å². The number of amides is 2. The molecule has 0 saturated heterocycles. The van der Waals surface area contributed by atoms with E-state index in [0.717, 1.165) is 24.8 Å². The maximum absolute atomic E-state index is 13.2. The van der Waals surface area contributed by atoms with Gasteiger partial charge in [-0.25, -0.2) is 4.79 Å². The number of nitrogens with one attached hydrogen (secondary N) is 1. The van der Waals surface area contributed by atoms with Crippen molar-refractivity contribution < 1.29 is 24.2 Å². The van der Waals surface area contributed by atoms with Crippen molar-refractivity contribution in [2.24, 2.45) is 23.0 Å². The van der Waals surface area contributed by atoms with Gasteiger partial charge in [-0.15, -0.1) is 0 Å². The van der Waals surface area contributed by atoms with E-state index in [1.165, 1.54) is 5.57 Å². The summed E-state index contributed by atoms with van der Waals surface area (Å²) in [4.78, 5) is 37.8. The molecule has 0 saturated carbocycles. The highest BCUT2D eigenvalue weighted by atomic mass is 16.6. The van der Waals surface area contributed by atoms with Gasteiger partial charge in [0.2, 0.25) is 11.8 Å². The van der Waals surface area contributed by atoms with E-state index in [2.05, 4.69) is 23.5 Å². The van der Waals surface area contributed by atoms with Crippen molar-refractivity contribution in [3.8, 4) is 0 Å². The van der Waals surface area contributed by atoms with Gasteiger partial charge in [0.15, 0.2) is 6.10 Å². The van der Waals surface area contributed by atoms with E-state index in [1.54, 1.807) is 41.5 Å².